The summed E-state index contributed by atoms with van der Waals surface area (Å²) in [6, 6.07) is 11.9. The Balaban J connectivity index is 1.80. The van der Waals surface area contributed by atoms with E-state index in [1.807, 2.05) is 24.3 Å². The molecular weight excluding hydrogens is 417 g/mol. The molecule has 1 saturated heterocycles. The Hall–Kier alpha value is -2.82. The fraction of sp³-hybridized carbons (Fsp3) is 0.217. The van der Waals surface area contributed by atoms with E-state index >= 15 is 0 Å². The Morgan fingerprint density at radius 3 is 2.63 bits per heavy atom. The molecule has 2 aromatic carbocycles. The number of ether oxygens (including phenoxy) is 1. The molecule has 2 amide bonds. The maximum Gasteiger partial charge on any atom is 0.293 e. The predicted octanol–water partition coefficient (Wildman–Crippen LogP) is 5.30. The van der Waals surface area contributed by atoms with Gasteiger partial charge in [-0.2, -0.15) is 0 Å². The number of imide groups is 1. The van der Waals surface area contributed by atoms with Crippen molar-refractivity contribution in [1.29, 1.82) is 0 Å². The number of methoxy groups -OCH3 is 1. The number of carbonyl (C=O) groups excluding carboxylic acids is 2. The third-order valence-corrected chi connectivity index (χ3v) is 5.98. The molecule has 0 saturated carbocycles. The highest BCUT2D eigenvalue weighted by atomic mass is 32.2. The van der Waals surface area contributed by atoms with Crippen molar-refractivity contribution in [2.24, 2.45) is 0 Å². The zero-order valence-electron chi connectivity index (χ0n) is 17.3. The van der Waals surface area contributed by atoms with E-state index in [2.05, 4.69) is 31.1 Å². The van der Waals surface area contributed by atoms with Gasteiger partial charge in [0.2, 0.25) is 0 Å². The first kappa shape index (κ1) is 21.9. The monoisotopic (exact) mass is 439 g/mol. The highest BCUT2D eigenvalue weighted by Gasteiger charge is 2.35. The van der Waals surface area contributed by atoms with Crippen molar-refractivity contribution in [1.82, 2.24) is 4.90 Å². The second kappa shape index (κ2) is 8.90. The van der Waals surface area contributed by atoms with E-state index in [9.17, 15) is 14.0 Å². The number of halogens is 1. The van der Waals surface area contributed by atoms with Crippen molar-refractivity contribution in [3.8, 4) is 17.2 Å². The van der Waals surface area contributed by atoms with Crippen LogP contribution < -0.4 is 4.74 Å². The largest absolute Gasteiger partial charge is 0.494 e. The molecule has 7 heteroatoms. The van der Waals surface area contributed by atoms with Crippen LogP contribution in [0.1, 0.15) is 16.7 Å². The van der Waals surface area contributed by atoms with Crippen LogP contribution in [-0.2, 0) is 11.3 Å². The Kier molecular flexibility index (Phi) is 6.49. The Morgan fingerprint density at radius 1 is 1.17 bits per heavy atom. The minimum absolute atomic E-state index is 0.0826. The third-order valence-electron chi connectivity index (χ3n) is 4.20. The molecule has 0 N–H and O–H groups in total. The van der Waals surface area contributed by atoms with Gasteiger partial charge in [-0.3, -0.25) is 14.5 Å². The van der Waals surface area contributed by atoms with Crippen LogP contribution in [0.2, 0.25) is 19.6 Å². The molecule has 0 bridgehead atoms. The molecule has 30 heavy (non-hydrogen) atoms. The first-order valence-electron chi connectivity index (χ1n) is 9.37. The Labute approximate surface area is 181 Å². The van der Waals surface area contributed by atoms with Gasteiger partial charge in [-0.25, -0.2) is 4.39 Å². The number of amides is 2. The average Bonchev–Trinajstić information content (AvgIpc) is 2.95. The van der Waals surface area contributed by atoms with Crippen molar-refractivity contribution in [3.05, 3.63) is 69.9 Å². The number of nitrogens with zero attached hydrogens (tertiary/aromatic N) is 1. The van der Waals surface area contributed by atoms with Crippen LogP contribution in [-0.4, -0.2) is 31.2 Å². The fourth-order valence-electron chi connectivity index (χ4n) is 2.74. The predicted molar refractivity (Wildman–Crippen MR) is 121 cm³/mol. The van der Waals surface area contributed by atoms with Gasteiger partial charge in [-0.05, 0) is 53.2 Å². The number of rotatable bonds is 4. The summed E-state index contributed by atoms with van der Waals surface area (Å²) in [4.78, 5) is 26.7. The van der Waals surface area contributed by atoms with Crippen LogP contribution in [0.5, 0.6) is 5.75 Å². The second-order valence-electron chi connectivity index (χ2n) is 7.86. The Bertz CT molecular complexity index is 1100. The minimum Gasteiger partial charge on any atom is -0.494 e. The van der Waals surface area contributed by atoms with Gasteiger partial charge in [0.25, 0.3) is 11.1 Å². The summed E-state index contributed by atoms with van der Waals surface area (Å²) in [6.07, 6.45) is 1.57. The van der Waals surface area contributed by atoms with Crippen LogP contribution in [0.25, 0.3) is 6.08 Å². The molecule has 0 aliphatic carbocycles. The van der Waals surface area contributed by atoms with Crippen LogP contribution in [0.4, 0.5) is 9.18 Å². The van der Waals surface area contributed by atoms with Gasteiger partial charge < -0.3 is 4.74 Å². The lowest BCUT2D eigenvalue weighted by molar-refractivity contribution is -0.123. The van der Waals surface area contributed by atoms with Crippen molar-refractivity contribution in [3.63, 3.8) is 0 Å². The first-order chi connectivity index (χ1) is 14.2. The number of carbonyl (C=O) groups is 2. The molecule has 154 valence electrons. The zero-order valence-corrected chi connectivity index (χ0v) is 19.1. The molecule has 1 fully saturated rings. The molecule has 4 nitrogen and oxygen atoms in total. The van der Waals surface area contributed by atoms with Gasteiger partial charge in [0.15, 0.2) is 11.6 Å². The molecular formula is C23H22FNO3SSi. The van der Waals surface area contributed by atoms with Crippen LogP contribution in [0.15, 0.2) is 47.4 Å². The van der Waals surface area contributed by atoms with Crippen molar-refractivity contribution in [2.45, 2.75) is 26.2 Å². The molecule has 1 aliphatic rings. The topological polar surface area (TPSA) is 46.6 Å². The first-order valence-corrected chi connectivity index (χ1v) is 13.7. The van der Waals surface area contributed by atoms with Crippen molar-refractivity contribution in [2.75, 3.05) is 7.11 Å². The fourth-order valence-corrected chi connectivity index (χ4v) is 4.10. The summed E-state index contributed by atoms with van der Waals surface area (Å²) in [5.41, 5.74) is 5.61. The zero-order chi connectivity index (χ0) is 21.9. The van der Waals surface area contributed by atoms with Crippen LogP contribution in [0.3, 0.4) is 0 Å². The summed E-state index contributed by atoms with van der Waals surface area (Å²) in [7, 11) is -0.122. The SMILES string of the molecule is COc1cc(/C=C2\SC(=O)N(Cc3cccc(C#C[Si](C)(C)C)c3)C2=O)ccc1F. The lowest BCUT2D eigenvalue weighted by Crippen LogP contribution is -2.27. The van der Waals surface area contributed by atoms with E-state index in [-0.39, 0.29) is 23.4 Å². The van der Waals surface area contributed by atoms with Gasteiger partial charge in [0, 0.05) is 5.56 Å². The number of benzene rings is 2. The highest BCUT2D eigenvalue weighted by Crippen LogP contribution is 2.34. The van der Waals surface area contributed by atoms with Crippen LogP contribution in [0, 0.1) is 17.3 Å². The maximum atomic E-state index is 13.6. The molecule has 0 aromatic heterocycles. The van der Waals surface area contributed by atoms with E-state index in [0.29, 0.717) is 10.5 Å². The van der Waals surface area contributed by atoms with E-state index in [1.54, 1.807) is 6.08 Å². The van der Waals surface area contributed by atoms with Crippen LogP contribution >= 0.6 is 11.8 Å². The summed E-state index contributed by atoms with van der Waals surface area (Å²) in [5, 5.41) is -0.334. The summed E-state index contributed by atoms with van der Waals surface area (Å²) in [6.45, 7) is 6.70. The van der Waals surface area contributed by atoms with E-state index < -0.39 is 13.9 Å². The maximum absolute atomic E-state index is 13.6. The van der Waals surface area contributed by atoms with E-state index in [1.165, 1.54) is 30.2 Å². The lowest BCUT2D eigenvalue weighted by Gasteiger charge is -2.12. The standard InChI is InChI=1S/C23H22FNO3SSi/c1-28-20-13-17(8-9-19(20)24)14-21-22(26)25(23(27)29-21)15-18-7-5-6-16(12-18)10-11-30(2,3)4/h5-9,12-14H,15H2,1-4H3/b21-14-. The van der Waals surface area contributed by atoms with Gasteiger partial charge in [0.05, 0.1) is 18.6 Å². The minimum atomic E-state index is -1.49. The summed E-state index contributed by atoms with van der Waals surface area (Å²) < 4.78 is 18.6. The van der Waals surface area contributed by atoms with Gasteiger partial charge in [-0.1, -0.05) is 43.8 Å². The Morgan fingerprint density at radius 2 is 1.93 bits per heavy atom. The highest BCUT2D eigenvalue weighted by molar-refractivity contribution is 8.18. The second-order valence-corrected chi connectivity index (χ2v) is 13.6. The molecule has 1 heterocycles. The average molecular weight is 440 g/mol. The normalized spacial score (nSPS) is 15.4. The molecule has 0 unspecified atom stereocenters. The lowest BCUT2D eigenvalue weighted by atomic mass is 10.1. The molecule has 0 spiro atoms. The quantitative estimate of drug-likeness (QED) is 0.368. The summed E-state index contributed by atoms with van der Waals surface area (Å²) >= 11 is 0.873. The van der Waals surface area contributed by atoms with Gasteiger partial charge >= 0.3 is 0 Å². The molecule has 0 atom stereocenters. The smallest absolute Gasteiger partial charge is 0.293 e. The summed E-state index contributed by atoms with van der Waals surface area (Å²) in [5.74, 6) is 2.42. The number of hydrogen-bond acceptors (Lipinski definition) is 4. The molecule has 2 aromatic rings. The molecule has 1 aliphatic heterocycles. The number of thioether (sulfide) groups is 1. The molecule has 3 rings (SSSR count). The number of hydrogen-bond donors (Lipinski definition) is 0. The van der Waals surface area contributed by atoms with Gasteiger partial charge in [0.1, 0.15) is 8.07 Å². The third kappa shape index (κ3) is 5.41. The van der Waals surface area contributed by atoms with E-state index in [4.69, 9.17) is 4.74 Å². The van der Waals surface area contributed by atoms with Gasteiger partial charge in [-0.15, -0.1) is 5.54 Å². The van der Waals surface area contributed by atoms with Crippen molar-refractivity contribution >= 4 is 37.1 Å². The van der Waals surface area contributed by atoms with Crippen molar-refractivity contribution < 1.29 is 18.7 Å². The van der Waals surface area contributed by atoms with E-state index in [0.717, 1.165) is 22.9 Å². The molecule has 0 radical (unpaired) electrons.